The predicted molar refractivity (Wildman–Crippen MR) is 142 cm³/mol. The average Bonchev–Trinajstić information content (AvgIpc) is 2.91. The van der Waals surface area contributed by atoms with E-state index in [0.29, 0.717) is 18.9 Å². The lowest BCUT2D eigenvalue weighted by atomic mass is 10.1. The van der Waals surface area contributed by atoms with Gasteiger partial charge in [0, 0.05) is 31.6 Å². The van der Waals surface area contributed by atoms with Gasteiger partial charge in [-0.25, -0.2) is 8.42 Å². The highest BCUT2D eigenvalue weighted by Crippen LogP contribution is 2.13. The lowest BCUT2D eigenvalue weighted by Gasteiger charge is -2.16. The van der Waals surface area contributed by atoms with Crippen LogP contribution in [0.15, 0.2) is 58.4 Å². The number of aliphatic imine (C=N–C) groups is 1. The van der Waals surface area contributed by atoms with E-state index in [1.54, 1.807) is 36.4 Å². The van der Waals surface area contributed by atoms with Crippen LogP contribution in [-0.2, 0) is 32.5 Å². The Hall–Kier alpha value is -3.77. The highest BCUT2D eigenvalue weighted by atomic mass is 32.2. The molecule has 0 radical (unpaired) electrons. The zero-order valence-corrected chi connectivity index (χ0v) is 22.0. The molecule has 0 saturated heterocycles. The Morgan fingerprint density at radius 3 is 2.29 bits per heavy atom. The number of carbonyl (C=O) groups excluding carboxylic acids is 2. The maximum atomic E-state index is 12.7. The number of benzene rings is 2. The smallest absolute Gasteiger partial charge is 0.323 e. The quantitative estimate of drug-likeness (QED) is 0.268. The summed E-state index contributed by atoms with van der Waals surface area (Å²) in [6.07, 6.45) is 3.36. The van der Waals surface area contributed by atoms with Crippen LogP contribution in [0.2, 0.25) is 0 Å². The van der Waals surface area contributed by atoms with Gasteiger partial charge in [0.1, 0.15) is 6.04 Å². The number of carbonyl (C=O) groups is 3. The SMILES string of the molecule is CCCc1ccc(S(=O)(=O)N[C@@H](CNC(=O)c2ccc(CCC(=O)NC3=NCCCN3)cc2)C(=O)O)cc1. The van der Waals surface area contributed by atoms with E-state index in [0.717, 1.165) is 36.9 Å². The second kappa shape index (κ2) is 13.7. The molecule has 1 heterocycles. The van der Waals surface area contributed by atoms with Crippen molar-refractivity contribution in [3.63, 3.8) is 0 Å². The van der Waals surface area contributed by atoms with Crippen LogP contribution in [0.4, 0.5) is 0 Å². The molecule has 3 rings (SSSR count). The van der Waals surface area contributed by atoms with E-state index < -0.39 is 34.5 Å². The summed E-state index contributed by atoms with van der Waals surface area (Å²) in [6.45, 7) is 3.02. The minimum Gasteiger partial charge on any atom is -0.480 e. The molecule has 1 atom stereocenters. The van der Waals surface area contributed by atoms with E-state index in [1.807, 2.05) is 6.92 Å². The van der Waals surface area contributed by atoms with Crippen molar-refractivity contribution in [3.8, 4) is 0 Å². The number of amides is 2. The van der Waals surface area contributed by atoms with Crippen molar-refractivity contribution in [2.75, 3.05) is 19.6 Å². The number of rotatable bonds is 12. The number of carboxylic acids is 1. The Bertz CT molecular complexity index is 1260. The second-order valence-electron chi connectivity index (χ2n) is 8.87. The predicted octanol–water partition coefficient (Wildman–Crippen LogP) is 1.20. The molecular weight excluding hydrogens is 510 g/mol. The maximum Gasteiger partial charge on any atom is 0.323 e. The third kappa shape index (κ3) is 8.67. The first-order chi connectivity index (χ1) is 18.2. The lowest BCUT2D eigenvalue weighted by Crippen LogP contribution is -2.48. The van der Waals surface area contributed by atoms with Crippen LogP contribution in [0.25, 0.3) is 0 Å². The Morgan fingerprint density at radius 2 is 1.68 bits per heavy atom. The molecule has 0 saturated carbocycles. The summed E-state index contributed by atoms with van der Waals surface area (Å²) >= 11 is 0. The van der Waals surface area contributed by atoms with Crippen LogP contribution >= 0.6 is 0 Å². The van der Waals surface area contributed by atoms with E-state index in [2.05, 4.69) is 25.7 Å². The molecule has 11 nitrogen and oxygen atoms in total. The van der Waals surface area contributed by atoms with Crippen molar-refractivity contribution in [2.45, 2.75) is 50.0 Å². The van der Waals surface area contributed by atoms with Crippen LogP contribution in [-0.4, -0.2) is 62.9 Å². The molecule has 0 bridgehead atoms. The molecule has 2 aromatic carbocycles. The molecule has 2 aromatic rings. The van der Waals surface area contributed by atoms with Crippen molar-refractivity contribution in [3.05, 3.63) is 65.2 Å². The lowest BCUT2D eigenvalue weighted by molar-refractivity contribution is -0.138. The highest BCUT2D eigenvalue weighted by Gasteiger charge is 2.26. The summed E-state index contributed by atoms with van der Waals surface area (Å²) in [6, 6.07) is 11.2. The Labute approximate surface area is 222 Å². The summed E-state index contributed by atoms with van der Waals surface area (Å²) in [5.74, 6) is -1.65. The number of nitrogens with zero attached hydrogens (tertiary/aromatic N) is 1. The molecule has 0 aromatic heterocycles. The van der Waals surface area contributed by atoms with Crippen LogP contribution in [0, 0.1) is 0 Å². The molecule has 0 spiro atoms. The van der Waals surface area contributed by atoms with Gasteiger partial charge in [0.15, 0.2) is 5.96 Å². The van der Waals surface area contributed by atoms with Gasteiger partial charge in [0.25, 0.3) is 5.91 Å². The maximum absolute atomic E-state index is 12.7. The molecule has 204 valence electrons. The summed E-state index contributed by atoms with van der Waals surface area (Å²) in [5, 5.41) is 17.7. The Morgan fingerprint density at radius 1 is 1.03 bits per heavy atom. The normalized spacial score (nSPS) is 14.1. The average molecular weight is 544 g/mol. The van der Waals surface area contributed by atoms with Crippen molar-refractivity contribution in [1.82, 2.24) is 20.7 Å². The van der Waals surface area contributed by atoms with Gasteiger partial charge < -0.3 is 15.7 Å². The number of hydrogen-bond acceptors (Lipinski definition) is 7. The minimum atomic E-state index is -4.10. The molecule has 12 heteroatoms. The molecule has 0 aliphatic carbocycles. The molecule has 1 aliphatic heterocycles. The van der Waals surface area contributed by atoms with Gasteiger partial charge in [-0.05, 0) is 54.7 Å². The molecule has 0 fully saturated rings. The summed E-state index contributed by atoms with van der Waals surface area (Å²) in [5.41, 5.74) is 2.10. The molecule has 2 amide bonds. The number of carboxylic acid groups (broad SMARTS) is 1. The monoisotopic (exact) mass is 543 g/mol. The number of sulfonamides is 1. The van der Waals surface area contributed by atoms with Gasteiger partial charge in [-0.2, -0.15) is 4.72 Å². The Kier molecular flexibility index (Phi) is 10.4. The van der Waals surface area contributed by atoms with Crippen LogP contribution in [0.3, 0.4) is 0 Å². The zero-order valence-electron chi connectivity index (χ0n) is 21.2. The zero-order chi connectivity index (χ0) is 27.5. The van der Waals surface area contributed by atoms with Crippen LogP contribution in [0.5, 0.6) is 0 Å². The topological polar surface area (TPSA) is 166 Å². The van der Waals surface area contributed by atoms with E-state index in [9.17, 15) is 27.9 Å². The number of guanidine groups is 1. The van der Waals surface area contributed by atoms with E-state index in [1.165, 1.54) is 12.1 Å². The standard InChI is InChI=1S/C26H33N5O6S/c1-2-4-18-7-12-21(13-8-18)38(36,37)31-22(25(34)35)17-29-24(33)20-10-5-19(6-11-20)9-14-23(32)30-26-27-15-3-16-28-26/h5-8,10-13,22,31H,2-4,9,14-17H2,1H3,(H,29,33)(H,34,35)(H2,27,28,30,32)/t22-/m0/s1. The number of aliphatic carboxylic acids is 1. The molecule has 0 unspecified atom stereocenters. The number of aryl methyl sites for hydroxylation is 2. The highest BCUT2D eigenvalue weighted by molar-refractivity contribution is 7.89. The summed E-state index contributed by atoms with van der Waals surface area (Å²) in [4.78, 5) is 40.5. The van der Waals surface area contributed by atoms with Gasteiger partial charge in [0.2, 0.25) is 15.9 Å². The van der Waals surface area contributed by atoms with E-state index in [-0.39, 0.29) is 22.8 Å². The fourth-order valence-electron chi connectivity index (χ4n) is 3.75. The van der Waals surface area contributed by atoms with Crippen molar-refractivity contribution in [1.29, 1.82) is 0 Å². The second-order valence-corrected chi connectivity index (χ2v) is 10.6. The molecule has 38 heavy (non-hydrogen) atoms. The van der Waals surface area contributed by atoms with Crippen molar-refractivity contribution >= 4 is 33.8 Å². The minimum absolute atomic E-state index is 0.0535. The summed E-state index contributed by atoms with van der Waals surface area (Å²) < 4.78 is 27.5. The van der Waals surface area contributed by atoms with Gasteiger partial charge in [0.05, 0.1) is 4.90 Å². The molecule has 5 N–H and O–H groups in total. The molecular formula is C26H33N5O6S. The van der Waals surface area contributed by atoms with E-state index in [4.69, 9.17) is 0 Å². The number of nitrogens with one attached hydrogen (secondary N) is 4. The van der Waals surface area contributed by atoms with Crippen LogP contribution in [0.1, 0.15) is 47.7 Å². The van der Waals surface area contributed by atoms with Crippen molar-refractivity contribution in [2.24, 2.45) is 4.99 Å². The van der Waals surface area contributed by atoms with E-state index >= 15 is 0 Å². The van der Waals surface area contributed by atoms with Gasteiger partial charge in [-0.15, -0.1) is 0 Å². The molecule has 1 aliphatic rings. The fourth-order valence-corrected chi connectivity index (χ4v) is 4.94. The first kappa shape index (κ1) is 28.8. The van der Waals surface area contributed by atoms with Crippen molar-refractivity contribution < 1.29 is 27.9 Å². The third-order valence-corrected chi connectivity index (χ3v) is 7.33. The van der Waals surface area contributed by atoms with Gasteiger partial charge in [-0.3, -0.25) is 24.7 Å². The Balaban J connectivity index is 1.51. The first-order valence-corrected chi connectivity index (χ1v) is 14.0. The van der Waals surface area contributed by atoms with Gasteiger partial charge >= 0.3 is 5.97 Å². The van der Waals surface area contributed by atoms with Gasteiger partial charge in [-0.1, -0.05) is 37.6 Å². The fraction of sp³-hybridized carbons (Fsp3) is 0.385. The first-order valence-electron chi connectivity index (χ1n) is 12.5. The third-order valence-electron chi connectivity index (χ3n) is 5.85. The largest absolute Gasteiger partial charge is 0.480 e. The number of hydrogen-bond donors (Lipinski definition) is 5. The van der Waals surface area contributed by atoms with Crippen LogP contribution < -0.4 is 20.7 Å². The summed E-state index contributed by atoms with van der Waals surface area (Å²) in [7, 11) is -4.10.